The minimum atomic E-state index is -1.24. The number of hydrogen-bond donors (Lipinski definition) is 4. The van der Waals surface area contributed by atoms with Crippen molar-refractivity contribution < 1.29 is 19.2 Å². The summed E-state index contributed by atoms with van der Waals surface area (Å²) in [6, 6.07) is 6.75. The van der Waals surface area contributed by atoms with Crippen LogP contribution < -0.4 is 21.3 Å². The fourth-order valence-electron chi connectivity index (χ4n) is 2.86. The first-order valence-corrected chi connectivity index (χ1v) is 8.85. The van der Waals surface area contributed by atoms with E-state index in [0.717, 1.165) is 0 Å². The van der Waals surface area contributed by atoms with Crippen LogP contribution in [0.1, 0.15) is 40.5 Å². The van der Waals surface area contributed by atoms with Crippen LogP contribution in [0.15, 0.2) is 24.3 Å². The van der Waals surface area contributed by atoms with E-state index in [-0.39, 0.29) is 0 Å². The number of para-hydroxylation sites is 2. The van der Waals surface area contributed by atoms with E-state index in [4.69, 9.17) is 0 Å². The van der Waals surface area contributed by atoms with Gasteiger partial charge in [0, 0.05) is 0 Å². The molecule has 1 heterocycles. The van der Waals surface area contributed by atoms with Crippen molar-refractivity contribution in [1.82, 2.24) is 10.6 Å². The highest BCUT2D eigenvalue weighted by Crippen LogP contribution is 2.47. The highest BCUT2D eigenvalue weighted by atomic mass is 16.2. The molecule has 1 aromatic carbocycles. The van der Waals surface area contributed by atoms with Crippen molar-refractivity contribution in [1.29, 1.82) is 0 Å². The molecule has 27 heavy (non-hydrogen) atoms. The van der Waals surface area contributed by atoms with Crippen LogP contribution in [-0.2, 0) is 19.2 Å². The third-order valence-corrected chi connectivity index (χ3v) is 5.03. The van der Waals surface area contributed by atoms with Crippen molar-refractivity contribution in [2.75, 3.05) is 10.6 Å². The number of carbonyl (C=O) groups is 4. The molecule has 144 valence electrons. The maximum atomic E-state index is 12.8. The van der Waals surface area contributed by atoms with Gasteiger partial charge in [-0.05, 0) is 52.7 Å². The lowest BCUT2D eigenvalue weighted by molar-refractivity contribution is -0.142. The summed E-state index contributed by atoms with van der Waals surface area (Å²) in [4.78, 5) is 51.0. The van der Waals surface area contributed by atoms with Crippen LogP contribution in [0.25, 0.3) is 0 Å². The first kappa shape index (κ1) is 18.9. The molecule has 1 saturated carbocycles. The second-order valence-electron chi connectivity index (χ2n) is 8.19. The molecule has 1 aliphatic heterocycles. The highest BCUT2D eigenvalue weighted by molar-refractivity contribution is 6.13. The molecule has 0 unspecified atom stereocenters. The topological polar surface area (TPSA) is 116 Å². The Bertz CT molecular complexity index is 775. The molecular formula is C19H24N4O4. The van der Waals surface area contributed by atoms with Gasteiger partial charge < -0.3 is 21.3 Å². The molecule has 2 aliphatic rings. The van der Waals surface area contributed by atoms with E-state index in [1.165, 1.54) is 0 Å². The third-order valence-electron chi connectivity index (χ3n) is 5.03. The summed E-state index contributed by atoms with van der Waals surface area (Å²) >= 11 is 0. The third kappa shape index (κ3) is 3.39. The quantitative estimate of drug-likeness (QED) is 0.511. The van der Waals surface area contributed by atoms with E-state index in [9.17, 15) is 19.2 Å². The predicted octanol–water partition coefficient (Wildman–Crippen LogP) is 1.15. The smallest absolute Gasteiger partial charge is 0.249 e. The number of fused-ring (bicyclic) bond motifs is 1. The number of rotatable bonds is 0. The fraction of sp³-hybridized carbons (Fsp3) is 0.474. The molecule has 4 N–H and O–H groups in total. The lowest BCUT2D eigenvalue weighted by Crippen LogP contribution is -2.59. The Morgan fingerprint density at radius 2 is 1.04 bits per heavy atom. The lowest BCUT2D eigenvalue weighted by Gasteiger charge is -2.29. The van der Waals surface area contributed by atoms with E-state index in [2.05, 4.69) is 21.3 Å². The van der Waals surface area contributed by atoms with Crippen LogP contribution in [0.4, 0.5) is 11.4 Å². The van der Waals surface area contributed by atoms with Gasteiger partial charge in [-0.1, -0.05) is 12.1 Å². The zero-order valence-electron chi connectivity index (χ0n) is 15.9. The SMILES string of the molecule is CC1(C)NC(=O)C2(CC2)C(=O)NC(C)(C)C(=O)Nc2ccccc2NC1=O. The molecule has 0 radical (unpaired) electrons. The van der Waals surface area contributed by atoms with Crippen LogP contribution in [-0.4, -0.2) is 34.7 Å². The molecular weight excluding hydrogens is 348 g/mol. The largest absolute Gasteiger partial charge is 0.341 e. The molecule has 1 fully saturated rings. The van der Waals surface area contributed by atoms with E-state index in [1.54, 1.807) is 52.0 Å². The molecule has 0 bridgehead atoms. The lowest BCUT2D eigenvalue weighted by atomic mass is 9.97. The number of hydrogen-bond acceptors (Lipinski definition) is 4. The van der Waals surface area contributed by atoms with Crippen LogP contribution in [0.3, 0.4) is 0 Å². The van der Waals surface area contributed by atoms with E-state index >= 15 is 0 Å². The van der Waals surface area contributed by atoms with Gasteiger partial charge in [0.15, 0.2) is 0 Å². The number of amides is 4. The number of anilines is 2. The summed E-state index contributed by atoms with van der Waals surface area (Å²) in [7, 11) is 0. The second-order valence-corrected chi connectivity index (χ2v) is 8.19. The molecule has 0 atom stereocenters. The van der Waals surface area contributed by atoms with Gasteiger partial charge >= 0.3 is 0 Å². The highest BCUT2D eigenvalue weighted by Gasteiger charge is 2.58. The first-order chi connectivity index (χ1) is 12.5. The molecule has 4 amide bonds. The Labute approximate surface area is 157 Å². The minimum absolute atomic E-state index is 0.375. The van der Waals surface area contributed by atoms with E-state index < -0.39 is 40.1 Å². The number of carbonyl (C=O) groups excluding carboxylic acids is 4. The predicted molar refractivity (Wildman–Crippen MR) is 99.8 cm³/mol. The molecule has 8 heteroatoms. The summed E-state index contributed by atoms with van der Waals surface area (Å²) in [6.07, 6.45) is 0.751. The van der Waals surface area contributed by atoms with Crippen molar-refractivity contribution in [3.05, 3.63) is 24.3 Å². The van der Waals surface area contributed by atoms with Crippen molar-refractivity contribution in [3.63, 3.8) is 0 Å². The van der Waals surface area contributed by atoms with E-state index in [0.29, 0.717) is 24.2 Å². The van der Waals surface area contributed by atoms with Gasteiger partial charge in [0.25, 0.3) is 0 Å². The van der Waals surface area contributed by atoms with Gasteiger partial charge in [-0.15, -0.1) is 0 Å². The van der Waals surface area contributed by atoms with Gasteiger partial charge in [-0.25, -0.2) is 0 Å². The molecule has 1 aliphatic carbocycles. The Kier molecular flexibility index (Phi) is 4.25. The zero-order valence-corrected chi connectivity index (χ0v) is 15.9. The number of nitrogens with one attached hydrogen (secondary N) is 4. The van der Waals surface area contributed by atoms with Crippen molar-refractivity contribution >= 4 is 35.0 Å². The maximum Gasteiger partial charge on any atom is 0.249 e. The summed E-state index contributed by atoms with van der Waals surface area (Å²) in [5.41, 5.74) is -2.92. The normalized spacial score (nSPS) is 23.4. The Morgan fingerprint density at radius 1 is 0.667 bits per heavy atom. The molecule has 0 saturated heterocycles. The Hall–Kier alpha value is -2.90. The minimum Gasteiger partial charge on any atom is -0.341 e. The van der Waals surface area contributed by atoms with Crippen LogP contribution in [0, 0.1) is 5.41 Å². The Morgan fingerprint density at radius 3 is 1.37 bits per heavy atom. The summed E-state index contributed by atoms with van der Waals surface area (Å²) < 4.78 is 0. The molecule has 1 aromatic rings. The molecule has 8 nitrogen and oxygen atoms in total. The second kappa shape index (κ2) is 6.07. The molecule has 3 rings (SSSR count). The summed E-state index contributed by atoms with van der Waals surface area (Å²) in [5, 5.41) is 10.8. The summed E-state index contributed by atoms with van der Waals surface area (Å²) in [6.45, 7) is 6.27. The molecule has 0 aromatic heterocycles. The Balaban J connectivity index is 2.04. The average Bonchev–Trinajstić information content (AvgIpc) is 3.37. The fourth-order valence-corrected chi connectivity index (χ4v) is 2.86. The van der Waals surface area contributed by atoms with Crippen molar-refractivity contribution in [2.45, 2.75) is 51.6 Å². The van der Waals surface area contributed by atoms with Gasteiger partial charge in [0.2, 0.25) is 23.6 Å². The van der Waals surface area contributed by atoms with E-state index in [1.807, 2.05) is 0 Å². The standard InChI is InChI=1S/C19H24N4O4/c1-17(2)13(24)20-11-7-5-6-8-12(11)21-14(25)18(3,4)23-16(27)19(9-10-19)15(26)22-17/h5-8H,9-10H2,1-4H3,(H,20,24)(H,21,25)(H,22,26)(H,23,27). The monoisotopic (exact) mass is 372 g/mol. The van der Waals surface area contributed by atoms with Crippen molar-refractivity contribution in [3.8, 4) is 0 Å². The van der Waals surface area contributed by atoms with Gasteiger partial charge in [0.05, 0.1) is 11.4 Å². The van der Waals surface area contributed by atoms with Crippen molar-refractivity contribution in [2.24, 2.45) is 5.41 Å². The van der Waals surface area contributed by atoms with Gasteiger partial charge in [0.1, 0.15) is 16.5 Å². The van der Waals surface area contributed by atoms with Gasteiger partial charge in [-0.3, -0.25) is 19.2 Å². The summed E-state index contributed by atoms with van der Waals surface area (Å²) in [5.74, 6) is -1.92. The van der Waals surface area contributed by atoms with Gasteiger partial charge in [-0.2, -0.15) is 0 Å². The number of benzene rings is 1. The molecule has 1 spiro atoms. The maximum absolute atomic E-state index is 12.8. The van der Waals surface area contributed by atoms with Crippen LogP contribution in [0.5, 0.6) is 0 Å². The first-order valence-electron chi connectivity index (χ1n) is 8.85. The van der Waals surface area contributed by atoms with Crippen LogP contribution >= 0.6 is 0 Å². The average molecular weight is 372 g/mol. The zero-order chi connectivity index (χ0) is 20.0. The van der Waals surface area contributed by atoms with Crippen LogP contribution in [0.2, 0.25) is 0 Å².